The first-order chi connectivity index (χ1) is 8.35. The number of hydrogen-bond donors (Lipinski definition) is 1. The molecule has 1 aromatic heterocycles. The maximum Gasteiger partial charge on any atom is 0.573 e. The minimum Gasteiger partial charge on any atom is -0.406 e. The first-order valence-corrected chi connectivity index (χ1v) is 5.40. The molecule has 0 unspecified atom stereocenters. The van der Waals surface area contributed by atoms with Crippen LogP contribution >= 0.6 is 12.2 Å². The van der Waals surface area contributed by atoms with Crippen LogP contribution in [0.25, 0.3) is 5.69 Å². The van der Waals surface area contributed by atoms with Crippen molar-refractivity contribution in [2.75, 3.05) is 0 Å². The molecule has 0 spiro atoms. The predicted octanol–water partition coefficient (Wildman–Crippen LogP) is 3.74. The van der Waals surface area contributed by atoms with Gasteiger partial charge >= 0.3 is 6.36 Å². The highest BCUT2D eigenvalue weighted by atomic mass is 32.1. The molecule has 3 nitrogen and oxygen atoms in total. The first kappa shape index (κ1) is 12.7. The number of benzene rings is 1. The Hall–Kier alpha value is -1.76. The van der Waals surface area contributed by atoms with Crippen LogP contribution in [0.2, 0.25) is 0 Å². The van der Waals surface area contributed by atoms with Crippen LogP contribution in [0.1, 0.15) is 5.69 Å². The molecule has 0 saturated heterocycles. The fourth-order valence-corrected chi connectivity index (χ4v) is 1.85. The van der Waals surface area contributed by atoms with E-state index in [4.69, 9.17) is 12.2 Å². The number of aromatic amines is 1. The standard InChI is InChI=1S/C11H9F3N2OS/c1-7-6-16(10(18)15-7)8-3-2-4-9(5-8)17-11(12,13)14/h2-6H,1H3,(H,15,18). The van der Waals surface area contributed by atoms with Crippen molar-refractivity contribution in [2.24, 2.45) is 0 Å². The number of alkyl halides is 3. The Morgan fingerprint density at radius 1 is 1.33 bits per heavy atom. The number of nitrogens with one attached hydrogen (secondary N) is 1. The molecule has 18 heavy (non-hydrogen) atoms. The van der Waals surface area contributed by atoms with Gasteiger partial charge in [0.2, 0.25) is 0 Å². The number of aryl methyl sites for hydroxylation is 1. The maximum absolute atomic E-state index is 12.1. The Balaban J connectivity index is 2.39. The van der Waals surface area contributed by atoms with Gasteiger partial charge in [-0.15, -0.1) is 13.2 Å². The minimum absolute atomic E-state index is 0.277. The van der Waals surface area contributed by atoms with Crippen molar-refractivity contribution in [3.63, 3.8) is 0 Å². The molecule has 0 bridgehead atoms. The third kappa shape index (κ3) is 2.92. The lowest BCUT2D eigenvalue weighted by Gasteiger charge is -2.10. The molecular formula is C11H9F3N2OS. The molecule has 0 aliphatic heterocycles. The normalized spacial score (nSPS) is 11.6. The highest BCUT2D eigenvalue weighted by Crippen LogP contribution is 2.24. The SMILES string of the molecule is Cc1cn(-c2cccc(OC(F)(F)F)c2)c(=S)[nH]1. The van der Waals surface area contributed by atoms with Gasteiger partial charge < -0.3 is 9.72 Å². The van der Waals surface area contributed by atoms with Crippen LogP contribution in [-0.4, -0.2) is 15.9 Å². The lowest BCUT2D eigenvalue weighted by atomic mass is 10.3. The zero-order valence-electron chi connectivity index (χ0n) is 9.28. The summed E-state index contributed by atoms with van der Waals surface area (Å²) in [6.07, 6.45) is -3.00. The summed E-state index contributed by atoms with van der Waals surface area (Å²) in [5, 5.41) is 0. The number of hydrogen-bond acceptors (Lipinski definition) is 2. The van der Waals surface area contributed by atoms with Crippen LogP contribution in [0.15, 0.2) is 30.5 Å². The Morgan fingerprint density at radius 3 is 2.61 bits per heavy atom. The van der Waals surface area contributed by atoms with Crippen LogP contribution in [0, 0.1) is 11.7 Å². The van der Waals surface area contributed by atoms with Crippen molar-refractivity contribution in [2.45, 2.75) is 13.3 Å². The Morgan fingerprint density at radius 2 is 2.06 bits per heavy atom. The molecule has 7 heteroatoms. The van der Waals surface area contributed by atoms with Crippen LogP contribution < -0.4 is 4.74 Å². The smallest absolute Gasteiger partial charge is 0.406 e. The van der Waals surface area contributed by atoms with Crippen LogP contribution in [0.3, 0.4) is 0 Å². The van der Waals surface area contributed by atoms with Gasteiger partial charge in [0.1, 0.15) is 5.75 Å². The van der Waals surface area contributed by atoms with E-state index in [1.54, 1.807) is 16.8 Å². The van der Waals surface area contributed by atoms with Gasteiger partial charge in [-0.25, -0.2) is 0 Å². The molecule has 1 aromatic carbocycles. The van der Waals surface area contributed by atoms with Gasteiger partial charge in [-0.2, -0.15) is 0 Å². The summed E-state index contributed by atoms with van der Waals surface area (Å²) in [6, 6.07) is 5.63. The van der Waals surface area contributed by atoms with Crippen molar-refractivity contribution in [1.29, 1.82) is 0 Å². The quantitative estimate of drug-likeness (QED) is 0.845. The zero-order chi connectivity index (χ0) is 13.3. The first-order valence-electron chi connectivity index (χ1n) is 4.99. The van der Waals surface area contributed by atoms with Gasteiger partial charge in [0.25, 0.3) is 0 Å². The molecule has 2 aromatic rings. The van der Waals surface area contributed by atoms with Gasteiger partial charge in [0, 0.05) is 18.0 Å². The predicted molar refractivity (Wildman–Crippen MR) is 62.4 cm³/mol. The van der Waals surface area contributed by atoms with Crippen LogP contribution in [0.4, 0.5) is 13.2 Å². The molecule has 1 N–H and O–H groups in total. The number of imidazole rings is 1. The summed E-state index contributed by atoms with van der Waals surface area (Å²) >= 11 is 5.05. The van der Waals surface area contributed by atoms with Gasteiger partial charge in [-0.3, -0.25) is 4.57 Å². The van der Waals surface area contributed by atoms with E-state index < -0.39 is 6.36 Å². The molecule has 0 radical (unpaired) electrons. The number of rotatable bonds is 2. The van der Waals surface area contributed by atoms with Crippen LogP contribution in [-0.2, 0) is 0 Å². The van der Waals surface area contributed by atoms with Gasteiger partial charge in [-0.05, 0) is 31.3 Å². The molecular weight excluding hydrogens is 265 g/mol. The van der Waals surface area contributed by atoms with Crippen LogP contribution in [0.5, 0.6) is 5.75 Å². The number of nitrogens with zero attached hydrogens (tertiary/aromatic N) is 1. The lowest BCUT2D eigenvalue weighted by molar-refractivity contribution is -0.274. The van der Waals surface area contributed by atoms with Gasteiger partial charge in [-0.1, -0.05) is 6.07 Å². The number of aromatic nitrogens is 2. The van der Waals surface area contributed by atoms with Crippen molar-refractivity contribution in [3.8, 4) is 11.4 Å². The topological polar surface area (TPSA) is 29.9 Å². The van der Waals surface area contributed by atoms with E-state index >= 15 is 0 Å². The van der Waals surface area contributed by atoms with Crippen molar-refractivity contribution >= 4 is 12.2 Å². The van der Waals surface area contributed by atoms with E-state index in [1.807, 2.05) is 6.92 Å². The lowest BCUT2D eigenvalue weighted by Crippen LogP contribution is -2.17. The van der Waals surface area contributed by atoms with Gasteiger partial charge in [0.05, 0.1) is 5.69 Å². The fraction of sp³-hybridized carbons (Fsp3) is 0.182. The molecule has 0 fully saturated rings. The van der Waals surface area contributed by atoms with E-state index in [-0.39, 0.29) is 5.75 Å². The Bertz CT molecular complexity index is 615. The van der Waals surface area contributed by atoms with E-state index in [0.29, 0.717) is 10.5 Å². The maximum atomic E-state index is 12.1. The minimum atomic E-state index is -4.70. The molecule has 0 amide bonds. The van der Waals surface area contributed by atoms with Crippen molar-refractivity contribution in [3.05, 3.63) is 40.9 Å². The van der Waals surface area contributed by atoms with Crippen molar-refractivity contribution in [1.82, 2.24) is 9.55 Å². The fourth-order valence-electron chi connectivity index (χ4n) is 1.54. The molecule has 0 atom stereocenters. The molecule has 0 aliphatic carbocycles. The molecule has 2 rings (SSSR count). The summed E-state index contributed by atoms with van der Waals surface area (Å²) in [4.78, 5) is 2.89. The van der Waals surface area contributed by atoms with E-state index in [9.17, 15) is 13.2 Å². The summed E-state index contributed by atoms with van der Waals surface area (Å²) in [5.74, 6) is -0.277. The third-order valence-corrected chi connectivity index (χ3v) is 2.47. The average Bonchev–Trinajstić information content (AvgIpc) is 2.55. The zero-order valence-corrected chi connectivity index (χ0v) is 10.1. The number of halogens is 3. The van der Waals surface area contributed by atoms with E-state index in [2.05, 4.69) is 9.72 Å². The highest BCUT2D eigenvalue weighted by molar-refractivity contribution is 7.71. The second-order valence-electron chi connectivity index (χ2n) is 3.66. The largest absolute Gasteiger partial charge is 0.573 e. The number of ether oxygens (including phenoxy) is 1. The monoisotopic (exact) mass is 274 g/mol. The molecule has 96 valence electrons. The van der Waals surface area contributed by atoms with E-state index in [1.165, 1.54) is 18.2 Å². The Labute approximate surface area is 106 Å². The molecule has 0 aliphatic rings. The molecule has 0 saturated carbocycles. The van der Waals surface area contributed by atoms with E-state index in [0.717, 1.165) is 5.69 Å². The Kier molecular flexibility index (Phi) is 3.16. The summed E-state index contributed by atoms with van der Waals surface area (Å²) in [6.45, 7) is 1.81. The summed E-state index contributed by atoms with van der Waals surface area (Å²) in [5.41, 5.74) is 1.33. The molecule has 1 heterocycles. The second kappa shape index (κ2) is 4.49. The summed E-state index contributed by atoms with van der Waals surface area (Å²) < 4.78 is 42.2. The second-order valence-corrected chi connectivity index (χ2v) is 4.04. The highest BCUT2D eigenvalue weighted by Gasteiger charge is 2.31. The van der Waals surface area contributed by atoms with Gasteiger partial charge in [0.15, 0.2) is 4.77 Å². The number of H-pyrrole nitrogens is 1. The average molecular weight is 274 g/mol. The third-order valence-electron chi connectivity index (χ3n) is 2.18. The van der Waals surface area contributed by atoms with Crippen molar-refractivity contribution < 1.29 is 17.9 Å². The summed E-state index contributed by atoms with van der Waals surface area (Å²) in [7, 11) is 0.